The highest BCUT2D eigenvalue weighted by molar-refractivity contribution is 5.79. The molecule has 0 bridgehead atoms. The fourth-order valence-corrected chi connectivity index (χ4v) is 3.27. The standard InChI is InChI=1S/C18H28N2O4/c1-19-11-13-6-5-7-20(12-13)17(21)10-14-8-15(22-2)18(24-4)16(9-14)23-3/h8-9,13,19H,5-7,10-12H2,1-4H3. The van der Waals surface area contributed by atoms with Gasteiger partial charge in [-0.3, -0.25) is 4.79 Å². The van der Waals surface area contributed by atoms with Crippen LogP contribution in [0, 0.1) is 5.92 Å². The number of hydrogen-bond acceptors (Lipinski definition) is 5. The Morgan fingerprint density at radius 1 is 1.21 bits per heavy atom. The minimum Gasteiger partial charge on any atom is -0.493 e. The number of nitrogens with one attached hydrogen (secondary N) is 1. The van der Waals surface area contributed by atoms with Crippen LogP contribution >= 0.6 is 0 Å². The van der Waals surface area contributed by atoms with E-state index in [2.05, 4.69) is 5.32 Å². The Morgan fingerprint density at radius 3 is 2.42 bits per heavy atom. The van der Waals surface area contributed by atoms with Crippen molar-refractivity contribution in [3.05, 3.63) is 17.7 Å². The third-order valence-electron chi connectivity index (χ3n) is 4.44. The van der Waals surface area contributed by atoms with E-state index in [1.807, 2.05) is 24.1 Å². The molecule has 134 valence electrons. The zero-order valence-corrected chi connectivity index (χ0v) is 15.1. The normalized spacial score (nSPS) is 17.5. The van der Waals surface area contributed by atoms with Crippen LogP contribution in [0.5, 0.6) is 17.2 Å². The summed E-state index contributed by atoms with van der Waals surface area (Å²) in [4.78, 5) is 14.6. The second-order valence-electron chi connectivity index (χ2n) is 6.12. The Balaban J connectivity index is 2.11. The molecule has 6 nitrogen and oxygen atoms in total. The second kappa shape index (κ2) is 8.78. The van der Waals surface area contributed by atoms with E-state index in [4.69, 9.17) is 14.2 Å². The fourth-order valence-electron chi connectivity index (χ4n) is 3.27. The number of carbonyl (C=O) groups excluding carboxylic acids is 1. The van der Waals surface area contributed by atoms with Crippen LogP contribution in [0.2, 0.25) is 0 Å². The van der Waals surface area contributed by atoms with Crippen molar-refractivity contribution in [1.29, 1.82) is 0 Å². The lowest BCUT2D eigenvalue weighted by atomic mass is 9.97. The van der Waals surface area contributed by atoms with Crippen LogP contribution in [0.1, 0.15) is 18.4 Å². The molecule has 6 heteroatoms. The Hall–Kier alpha value is -1.95. The SMILES string of the molecule is CNCC1CCCN(C(=O)Cc2cc(OC)c(OC)c(OC)c2)C1. The third kappa shape index (κ3) is 4.32. The Morgan fingerprint density at radius 2 is 1.88 bits per heavy atom. The van der Waals surface area contributed by atoms with Gasteiger partial charge in [-0.2, -0.15) is 0 Å². The first kappa shape index (κ1) is 18.4. The van der Waals surface area contributed by atoms with Crippen LogP contribution in [0.3, 0.4) is 0 Å². The number of methoxy groups -OCH3 is 3. The van der Waals surface area contributed by atoms with E-state index in [9.17, 15) is 4.79 Å². The van der Waals surface area contributed by atoms with Crippen molar-refractivity contribution in [1.82, 2.24) is 10.2 Å². The molecule has 1 fully saturated rings. The average Bonchev–Trinajstić information content (AvgIpc) is 2.61. The molecule has 1 unspecified atom stereocenters. The van der Waals surface area contributed by atoms with Gasteiger partial charge in [-0.1, -0.05) is 0 Å². The van der Waals surface area contributed by atoms with Crippen molar-refractivity contribution >= 4 is 5.91 Å². The minimum absolute atomic E-state index is 0.144. The van der Waals surface area contributed by atoms with Crippen molar-refractivity contribution < 1.29 is 19.0 Å². The summed E-state index contributed by atoms with van der Waals surface area (Å²) < 4.78 is 16.0. The number of amides is 1. The Kier molecular flexibility index (Phi) is 6.73. The summed E-state index contributed by atoms with van der Waals surface area (Å²) >= 11 is 0. The van der Waals surface area contributed by atoms with E-state index in [1.54, 1.807) is 21.3 Å². The first-order valence-electron chi connectivity index (χ1n) is 8.34. The van der Waals surface area contributed by atoms with Crippen molar-refractivity contribution in [2.24, 2.45) is 5.92 Å². The summed E-state index contributed by atoms with van der Waals surface area (Å²) in [5.74, 6) is 2.37. The number of nitrogens with zero attached hydrogens (tertiary/aromatic N) is 1. The maximum Gasteiger partial charge on any atom is 0.227 e. The van der Waals surface area contributed by atoms with Crippen LogP contribution in [0.15, 0.2) is 12.1 Å². The summed E-state index contributed by atoms with van der Waals surface area (Å²) in [6.07, 6.45) is 2.57. The number of ether oxygens (including phenoxy) is 3. The van der Waals surface area contributed by atoms with Crippen LogP contribution in [-0.4, -0.2) is 58.8 Å². The van der Waals surface area contributed by atoms with Gasteiger partial charge in [-0.25, -0.2) is 0 Å². The summed E-state index contributed by atoms with van der Waals surface area (Å²) in [5.41, 5.74) is 0.866. The minimum atomic E-state index is 0.144. The summed E-state index contributed by atoms with van der Waals surface area (Å²) in [5, 5.41) is 3.20. The number of carbonyl (C=O) groups is 1. The van der Waals surface area contributed by atoms with Crippen molar-refractivity contribution in [3.8, 4) is 17.2 Å². The zero-order valence-electron chi connectivity index (χ0n) is 15.1. The van der Waals surface area contributed by atoms with Crippen LogP contribution in [0.25, 0.3) is 0 Å². The fraction of sp³-hybridized carbons (Fsp3) is 0.611. The lowest BCUT2D eigenvalue weighted by Gasteiger charge is -2.33. The molecule has 0 aliphatic carbocycles. The molecular weight excluding hydrogens is 308 g/mol. The summed E-state index contributed by atoms with van der Waals surface area (Å²) in [7, 11) is 6.68. The van der Waals surface area contributed by atoms with Crippen molar-refractivity contribution in [3.63, 3.8) is 0 Å². The van der Waals surface area contributed by atoms with E-state index >= 15 is 0 Å². The molecule has 1 N–H and O–H groups in total. The number of hydrogen-bond donors (Lipinski definition) is 1. The van der Waals surface area contributed by atoms with Gasteiger partial charge in [0.1, 0.15) is 0 Å². The molecule has 1 aliphatic rings. The predicted molar refractivity (Wildman–Crippen MR) is 93.0 cm³/mol. The average molecular weight is 336 g/mol. The van der Waals surface area contributed by atoms with Crippen LogP contribution in [0.4, 0.5) is 0 Å². The van der Waals surface area contributed by atoms with Crippen molar-refractivity contribution in [2.45, 2.75) is 19.3 Å². The van der Waals surface area contributed by atoms with Crippen LogP contribution in [-0.2, 0) is 11.2 Å². The molecule has 0 spiro atoms. The molecule has 0 aromatic heterocycles. The number of likely N-dealkylation sites (tertiary alicyclic amines) is 1. The zero-order chi connectivity index (χ0) is 17.5. The maximum atomic E-state index is 12.7. The molecule has 1 saturated heterocycles. The number of benzene rings is 1. The van der Waals surface area contributed by atoms with E-state index in [1.165, 1.54) is 6.42 Å². The van der Waals surface area contributed by atoms with Gasteiger partial charge in [0.2, 0.25) is 11.7 Å². The summed E-state index contributed by atoms with van der Waals surface area (Å²) in [6, 6.07) is 3.68. The highest BCUT2D eigenvalue weighted by atomic mass is 16.5. The largest absolute Gasteiger partial charge is 0.493 e. The quantitative estimate of drug-likeness (QED) is 0.821. The molecule has 1 heterocycles. The van der Waals surface area contributed by atoms with Gasteiger partial charge in [0, 0.05) is 13.1 Å². The highest BCUT2D eigenvalue weighted by Crippen LogP contribution is 2.38. The van der Waals surface area contributed by atoms with Gasteiger partial charge in [0.25, 0.3) is 0 Å². The molecule has 0 radical (unpaired) electrons. The predicted octanol–water partition coefficient (Wildman–Crippen LogP) is 1.71. The van der Waals surface area contributed by atoms with Crippen molar-refractivity contribution in [2.75, 3.05) is 48.0 Å². The van der Waals surface area contributed by atoms with E-state index < -0.39 is 0 Å². The lowest BCUT2D eigenvalue weighted by molar-refractivity contribution is -0.132. The van der Waals surface area contributed by atoms with Gasteiger partial charge in [0.05, 0.1) is 27.8 Å². The highest BCUT2D eigenvalue weighted by Gasteiger charge is 2.24. The maximum absolute atomic E-state index is 12.7. The second-order valence-corrected chi connectivity index (χ2v) is 6.12. The Bertz CT molecular complexity index is 535. The van der Waals surface area contributed by atoms with Gasteiger partial charge < -0.3 is 24.4 Å². The Labute approximate surface area is 144 Å². The molecule has 0 saturated carbocycles. The third-order valence-corrected chi connectivity index (χ3v) is 4.44. The van der Waals surface area contributed by atoms with E-state index in [0.29, 0.717) is 29.6 Å². The monoisotopic (exact) mass is 336 g/mol. The van der Waals surface area contributed by atoms with Gasteiger partial charge in [0.15, 0.2) is 11.5 Å². The molecule has 24 heavy (non-hydrogen) atoms. The van der Waals surface area contributed by atoms with Crippen LogP contribution < -0.4 is 19.5 Å². The summed E-state index contributed by atoms with van der Waals surface area (Å²) in [6.45, 7) is 2.61. The smallest absolute Gasteiger partial charge is 0.227 e. The van der Waals surface area contributed by atoms with Gasteiger partial charge >= 0.3 is 0 Å². The molecular formula is C18H28N2O4. The van der Waals surface area contributed by atoms with E-state index in [0.717, 1.165) is 31.6 Å². The number of piperidine rings is 1. The number of rotatable bonds is 7. The molecule has 1 aromatic rings. The molecule has 1 aromatic carbocycles. The molecule has 1 amide bonds. The first-order valence-corrected chi connectivity index (χ1v) is 8.34. The molecule has 2 rings (SSSR count). The lowest BCUT2D eigenvalue weighted by Crippen LogP contribution is -2.43. The molecule has 1 atom stereocenters. The van der Waals surface area contributed by atoms with Gasteiger partial charge in [-0.05, 0) is 50.0 Å². The first-order chi connectivity index (χ1) is 11.6. The topological polar surface area (TPSA) is 60.0 Å². The molecule has 1 aliphatic heterocycles. The van der Waals surface area contributed by atoms with Gasteiger partial charge in [-0.15, -0.1) is 0 Å². The van der Waals surface area contributed by atoms with E-state index in [-0.39, 0.29) is 5.91 Å².